The Balaban J connectivity index is 2.35. The molecule has 4 heteroatoms. The summed E-state index contributed by atoms with van der Waals surface area (Å²) in [5, 5.41) is 3.79. The van der Waals surface area contributed by atoms with E-state index >= 15 is 0 Å². The Hall–Kier alpha value is -0.610. The summed E-state index contributed by atoms with van der Waals surface area (Å²) in [7, 11) is 1.83. The van der Waals surface area contributed by atoms with Crippen LogP contribution in [0.5, 0.6) is 0 Å². The van der Waals surface area contributed by atoms with E-state index in [-0.39, 0.29) is 5.91 Å². The SMILES string of the molecule is CN1C(=O)CCCN1CCCN. The number of amides is 1. The second kappa shape index (κ2) is 4.42. The van der Waals surface area contributed by atoms with Gasteiger partial charge in [0.05, 0.1) is 0 Å². The Kier molecular flexibility index (Phi) is 3.49. The summed E-state index contributed by atoms with van der Waals surface area (Å²) >= 11 is 0. The van der Waals surface area contributed by atoms with Crippen LogP contribution in [0.25, 0.3) is 0 Å². The Morgan fingerprint density at radius 1 is 1.58 bits per heavy atom. The molecule has 2 N–H and O–H groups in total. The average molecular weight is 171 g/mol. The maximum atomic E-state index is 11.2. The van der Waals surface area contributed by atoms with Crippen LogP contribution in [0.2, 0.25) is 0 Å². The normalized spacial score (nSPS) is 20.2. The molecule has 0 radical (unpaired) electrons. The minimum absolute atomic E-state index is 0.221. The van der Waals surface area contributed by atoms with Gasteiger partial charge in [-0.15, -0.1) is 0 Å². The third kappa shape index (κ3) is 2.19. The van der Waals surface area contributed by atoms with E-state index < -0.39 is 0 Å². The van der Waals surface area contributed by atoms with Gasteiger partial charge in [-0.2, -0.15) is 0 Å². The topological polar surface area (TPSA) is 49.6 Å². The van der Waals surface area contributed by atoms with Crippen LogP contribution in [0, 0.1) is 0 Å². The van der Waals surface area contributed by atoms with E-state index in [0.717, 1.165) is 25.9 Å². The monoisotopic (exact) mass is 171 g/mol. The lowest BCUT2D eigenvalue weighted by molar-refractivity contribution is -0.151. The highest BCUT2D eigenvalue weighted by Gasteiger charge is 2.21. The van der Waals surface area contributed by atoms with Crippen LogP contribution >= 0.6 is 0 Å². The van der Waals surface area contributed by atoms with Gasteiger partial charge < -0.3 is 5.73 Å². The fourth-order valence-corrected chi connectivity index (χ4v) is 1.42. The van der Waals surface area contributed by atoms with Gasteiger partial charge in [-0.3, -0.25) is 9.80 Å². The molecular formula is C8H17N3O. The van der Waals surface area contributed by atoms with Crippen LogP contribution in [0.4, 0.5) is 0 Å². The van der Waals surface area contributed by atoms with Crippen LogP contribution in [0.15, 0.2) is 0 Å². The first-order chi connectivity index (χ1) is 5.75. The number of nitrogens with two attached hydrogens (primary N) is 1. The molecule has 1 amide bonds. The summed E-state index contributed by atoms with van der Waals surface area (Å²) in [5.41, 5.74) is 5.40. The van der Waals surface area contributed by atoms with Gasteiger partial charge in [0.2, 0.25) is 5.91 Å². The Labute approximate surface area is 73.3 Å². The smallest absolute Gasteiger partial charge is 0.236 e. The lowest BCUT2D eigenvalue weighted by Gasteiger charge is -2.35. The number of hydrogen-bond acceptors (Lipinski definition) is 3. The van der Waals surface area contributed by atoms with Gasteiger partial charge in [-0.25, -0.2) is 5.01 Å². The minimum Gasteiger partial charge on any atom is -0.330 e. The fraction of sp³-hybridized carbons (Fsp3) is 0.875. The molecule has 1 fully saturated rings. The molecule has 0 aliphatic carbocycles. The number of hydrazine groups is 1. The highest BCUT2D eigenvalue weighted by atomic mass is 16.2. The lowest BCUT2D eigenvalue weighted by Crippen LogP contribution is -2.48. The van der Waals surface area contributed by atoms with E-state index in [1.807, 2.05) is 7.05 Å². The molecule has 70 valence electrons. The van der Waals surface area contributed by atoms with Crippen molar-refractivity contribution in [1.82, 2.24) is 10.0 Å². The minimum atomic E-state index is 0.221. The lowest BCUT2D eigenvalue weighted by atomic mass is 10.2. The molecule has 0 saturated carbocycles. The van der Waals surface area contributed by atoms with Crippen molar-refractivity contribution >= 4 is 5.91 Å². The van der Waals surface area contributed by atoms with Gasteiger partial charge in [0.1, 0.15) is 0 Å². The van der Waals surface area contributed by atoms with Gasteiger partial charge in [0.15, 0.2) is 0 Å². The molecule has 0 aromatic heterocycles. The summed E-state index contributed by atoms with van der Waals surface area (Å²) in [6.07, 6.45) is 2.63. The summed E-state index contributed by atoms with van der Waals surface area (Å²) in [5.74, 6) is 0.221. The number of rotatable bonds is 3. The molecule has 4 nitrogen and oxygen atoms in total. The fourth-order valence-electron chi connectivity index (χ4n) is 1.42. The molecule has 0 atom stereocenters. The zero-order valence-electron chi connectivity index (χ0n) is 7.62. The van der Waals surface area contributed by atoms with Gasteiger partial charge in [-0.1, -0.05) is 0 Å². The number of nitrogens with zero attached hydrogens (tertiary/aromatic N) is 2. The highest BCUT2D eigenvalue weighted by molar-refractivity contribution is 5.75. The number of carbonyl (C=O) groups is 1. The van der Waals surface area contributed by atoms with E-state index in [1.54, 1.807) is 5.01 Å². The predicted octanol–water partition coefficient (Wildman–Crippen LogP) is -0.196. The highest BCUT2D eigenvalue weighted by Crippen LogP contribution is 2.09. The first-order valence-electron chi connectivity index (χ1n) is 4.47. The van der Waals surface area contributed by atoms with Crippen molar-refractivity contribution in [2.75, 3.05) is 26.7 Å². The molecule has 1 heterocycles. The van der Waals surface area contributed by atoms with E-state index in [4.69, 9.17) is 5.73 Å². The maximum absolute atomic E-state index is 11.2. The molecule has 1 aliphatic heterocycles. The summed E-state index contributed by atoms with van der Waals surface area (Å²) in [6, 6.07) is 0. The van der Waals surface area contributed by atoms with Crippen molar-refractivity contribution in [3.8, 4) is 0 Å². The predicted molar refractivity (Wildman–Crippen MR) is 47.2 cm³/mol. The van der Waals surface area contributed by atoms with Crippen molar-refractivity contribution in [2.24, 2.45) is 5.73 Å². The second-order valence-corrected chi connectivity index (χ2v) is 3.12. The standard InChI is InChI=1S/C8H17N3O/c1-10-8(12)4-2-6-11(10)7-3-5-9/h2-7,9H2,1H3. The Bertz CT molecular complexity index is 160. The van der Waals surface area contributed by atoms with Crippen LogP contribution in [-0.2, 0) is 4.79 Å². The van der Waals surface area contributed by atoms with Crippen LogP contribution in [0.3, 0.4) is 0 Å². The van der Waals surface area contributed by atoms with E-state index in [2.05, 4.69) is 5.01 Å². The zero-order chi connectivity index (χ0) is 8.97. The first kappa shape index (κ1) is 9.48. The van der Waals surface area contributed by atoms with Crippen molar-refractivity contribution in [3.05, 3.63) is 0 Å². The number of hydrogen-bond donors (Lipinski definition) is 1. The summed E-state index contributed by atoms with van der Waals surface area (Å²) in [4.78, 5) is 11.2. The van der Waals surface area contributed by atoms with Crippen molar-refractivity contribution in [3.63, 3.8) is 0 Å². The van der Waals surface area contributed by atoms with E-state index in [0.29, 0.717) is 13.0 Å². The van der Waals surface area contributed by atoms with Crippen LogP contribution in [0.1, 0.15) is 19.3 Å². The molecule has 1 aliphatic rings. The molecule has 0 spiro atoms. The van der Waals surface area contributed by atoms with Crippen molar-refractivity contribution in [1.29, 1.82) is 0 Å². The van der Waals surface area contributed by atoms with Gasteiger partial charge in [-0.05, 0) is 19.4 Å². The maximum Gasteiger partial charge on any atom is 0.236 e. The first-order valence-corrected chi connectivity index (χ1v) is 4.47. The molecule has 0 aromatic rings. The largest absolute Gasteiger partial charge is 0.330 e. The molecule has 12 heavy (non-hydrogen) atoms. The average Bonchev–Trinajstić information content (AvgIpc) is 2.08. The summed E-state index contributed by atoms with van der Waals surface area (Å²) < 4.78 is 0. The van der Waals surface area contributed by atoms with Gasteiger partial charge in [0.25, 0.3) is 0 Å². The zero-order valence-corrected chi connectivity index (χ0v) is 7.62. The van der Waals surface area contributed by atoms with Crippen molar-refractivity contribution in [2.45, 2.75) is 19.3 Å². The third-order valence-corrected chi connectivity index (χ3v) is 2.21. The quantitative estimate of drug-likeness (QED) is 0.640. The molecule has 1 rings (SSSR count). The van der Waals surface area contributed by atoms with Gasteiger partial charge in [0, 0.05) is 26.6 Å². The van der Waals surface area contributed by atoms with Crippen LogP contribution < -0.4 is 5.73 Å². The molecule has 0 unspecified atom stereocenters. The molecule has 0 bridgehead atoms. The van der Waals surface area contributed by atoms with E-state index in [1.165, 1.54) is 0 Å². The Morgan fingerprint density at radius 3 is 3.00 bits per heavy atom. The van der Waals surface area contributed by atoms with Gasteiger partial charge >= 0.3 is 0 Å². The van der Waals surface area contributed by atoms with E-state index in [9.17, 15) is 4.79 Å². The van der Waals surface area contributed by atoms with Crippen molar-refractivity contribution < 1.29 is 4.79 Å². The summed E-state index contributed by atoms with van der Waals surface area (Å²) in [6.45, 7) is 2.58. The number of carbonyl (C=O) groups excluding carboxylic acids is 1. The third-order valence-electron chi connectivity index (χ3n) is 2.21. The second-order valence-electron chi connectivity index (χ2n) is 3.12. The molecular weight excluding hydrogens is 154 g/mol. The molecule has 1 saturated heterocycles. The van der Waals surface area contributed by atoms with Crippen LogP contribution in [-0.4, -0.2) is 42.6 Å². The molecule has 0 aromatic carbocycles. The Morgan fingerprint density at radius 2 is 2.33 bits per heavy atom.